The molecule has 24 heavy (non-hydrogen) atoms. The molecule has 0 aromatic rings. The van der Waals surface area contributed by atoms with Gasteiger partial charge in [0.25, 0.3) is 0 Å². The van der Waals surface area contributed by atoms with Gasteiger partial charge in [-0.25, -0.2) is 0 Å². The van der Waals surface area contributed by atoms with Crippen molar-refractivity contribution in [2.45, 2.75) is 76.9 Å². The van der Waals surface area contributed by atoms with Crippen LogP contribution < -0.4 is 0 Å². The van der Waals surface area contributed by atoms with E-state index in [0.29, 0.717) is 12.8 Å². The summed E-state index contributed by atoms with van der Waals surface area (Å²) in [6, 6.07) is 1.93. The molecule has 2 N–H and O–H groups in total. The molecule has 1 fully saturated rings. The summed E-state index contributed by atoms with van der Waals surface area (Å²) in [5, 5.41) is 28.7. The molecule has 6 nitrogen and oxygen atoms in total. The van der Waals surface area contributed by atoms with Gasteiger partial charge in [-0.1, -0.05) is 26.2 Å². The summed E-state index contributed by atoms with van der Waals surface area (Å²) in [5.41, 5.74) is 0. The number of esters is 1. The number of aliphatic hydroxyl groups excluding tert-OH is 2. The summed E-state index contributed by atoms with van der Waals surface area (Å²) < 4.78 is 5.16. The highest BCUT2D eigenvalue weighted by Crippen LogP contribution is 2.31. The predicted octanol–water partition coefficient (Wildman–Crippen LogP) is 2.95. The molecule has 0 amide bonds. The Morgan fingerprint density at radius 1 is 1.38 bits per heavy atom. The molecule has 1 saturated carbocycles. The minimum atomic E-state index is -1.14. The second kappa shape index (κ2) is 10.8. The van der Waals surface area contributed by atoms with E-state index < -0.39 is 24.1 Å². The molecule has 0 spiro atoms. The van der Waals surface area contributed by atoms with E-state index in [1.54, 1.807) is 6.08 Å². The van der Waals surface area contributed by atoms with Gasteiger partial charge in [0.05, 0.1) is 23.9 Å². The average Bonchev–Trinajstić information content (AvgIpc) is 2.81. The standard InChI is InChI=1S/C18H27NO5/c1-2-3-4-5-6-9-13(20)17-14(21)12-15(22)18(17)24-16(23)10-7-8-11-19/h9,14,17-18,20-21H,2-8,10,12H2,1H3/b13-9-. The maximum absolute atomic E-state index is 12.0. The zero-order valence-corrected chi connectivity index (χ0v) is 14.2. The van der Waals surface area contributed by atoms with Gasteiger partial charge < -0.3 is 14.9 Å². The number of unbranched alkanes of at least 4 members (excludes halogenated alkanes) is 5. The molecule has 0 saturated heterocycles. The Hall–Kier alpha value is -1.87. The van der Waals surface area contributed by atoms with Gasteiger partial charge in [0.2, 0.25) is 0 Å². The van der Waals surface area contributed by atoms with Crippen molar-refractivity contribution in [1.29, 1.82) is 5.26 Å². The number of nitrogens with zero attached hydrogens (tertiary/aromatic N) is 1. The third-order valence-corrected chi connectivity index (χ3v) is 4.15. The van der Waals surface area contributed by atoms with Crippen LogP contribution in [0, 0.1) is 17.2 Å². The molecule has 0 bridgehead atoms. The molecule has 0 aromatic carbocycles. The van der Waals surface area contributed by atoms with Gasteiger partial charge in [0, 0.05) is 19.3 Å². The predicted molar refractivity (Wildman–Crippen MR) is 87.9 cm³/mol. The highest BCUT2D eigenvalue weighted by molar-refractivity contribution is 5.89. The number of nitriles is 1. The Balaban J connectivity index is 2.61. The van der Waals surface area contributed by atoms with E-state index in [-0.39, 0.29) is 30.8 Å². The van der Waals surface area contributed by atoms with E-state index in [9.17, 15) is 19.8 Å². The first kappa shape index (κ1) is 20.2. The van der Waals surface area contributed by atoms with Crippen LogP contribution in [0.1, 0.15) is 64.7 Å². The fourth-order valence-corrected chi connectivity index (χ4v) is 2.81. The van der Waals surface area contributed by atoms with Crippen molar-refractivity contribution in [2.24, 2.45) is 5.92 Å². The topological polar surface area (TPSA) is 108 Å². The van der Waals surface area contributed by atoms with Crippen LogP contribution >= 0.6 is 0 Å². The second-order valence-corrected chi connectivity index (χ2v) is 6.16. The number of hydrogen-bond acceptors (Lipinski definition) is 6. The van der Waals surface area contributed by atoms with Crippen LogP contribution in [0.15, 0.2) is 11.8 Å². The number of allylic oxidation sites excluding steroid dienone is 1. The molecule has 0 heterocycles. The average molecular weight is 337 g/mol. The van der Waals surface area contributed by atoms with Crippen molar-refractivity contribution < 1.29 is 24.5 Å². The lowest BCUT2D eigenvalue weighted by Gasteiger charge is -2.20. The van der Waals surface area contributed by atoms with Gasteiger partial charge in [-0.3, -0.25) is 9.59 Å². The summed E-state index contributed by atoms with van der Waals surface area (Å²) >= 11 is 0. The van der Waals surface area contributed by atoms with Crippen molar-refractivity contribution >= 4 is 11.8 Å². The number of aliphatic hydroxyl groups is 2. The summed E-state index contributed by atoms with van der Waals surface area (Å²) in [6.07, 6.45) is 4.84. The molecular formula is C18H27NO5. The summed E-state index contributed by atoms with van der Waals surface area (Å²) in [6.45, 7) is 2.11. The number of Topliss-reactive ketones (excluding diaryl/α,β-unsaturated/α-hetero) is 1. The number of carbonyl (C=O) groups excluding carboxylic acids is 2. The Labute approximate surface area is 143 Å². The molecule has 0 radical (unpaired) electrons. The third-order valence-electron chi connectivity index (χ3n) is 4.15. The van der Waals surface area contributed by atoms with Crippen molar-refractivity contribution in [2.75, 3.05) is 0 Å². The van der Waals surface area contributed by atoms with E-state index in [1.165, 1.54) is 0 Å². The van der Waals surface area contributed by atoms with Crippen molar-refractivity contribution in [3.8, 4) is 6.07 Å². The van der Waals surface area contributed by atoms with Gasteiger partial charge in [0.15, 0.2) is 11.9 Å². The van der Waals surface area contributed by atoms with Crippen molar-refractivity contribution in [1.82, 2.24) is 0 Å². The fraction of sp³-hybridized carbons (Fsp3) is 0.722. The number of ether oxygens (including phenoxy) is 1. The smallest absolute Gasteiger partial charge is 0.306 e. The van der Waals surface area contributed by atoms with E-state index >= 15 is 0 Å². The molecule has 6 heteroatoms. The van der Waals surface area contributed by atoms with Crippen molar-refractivity contribution in [3.05, 3.63) is 11.8 Å². The van der Waals surface area contributed by atoms with Crippen LogP contribution in [0.2, 0.25) is 0 Å². The second-order valence-electron chi connectivity index (χ2n) is 6.16. The SMILES string of the molecule is CCCCCC/C=C(\O)C1C(O)CC(=O)C1OC(=O)CCCC#N. The maximum atomic E-state index is 12.0. The monoisotopic (exact) mass is 337 g/mol. The number of rotatable bonds is 10. The molecule has 0 aliphatic heterocycles. The van der Waals surface area contributed by atoms with Gasteiger partial charge in [0.1, 0.15) is 0 Å². The zero-order valence-electron chi connectivity index (χ0n) is 14.2. The first-order valence-corrected chi connectivity index (χ1v) is 8.67. The molecule has 0 aromatic heterocycles. The Bertz CT molecular complexity index is 494. The van der Waals surface area contributed by atoms with E-state index in [4.69, 9.17) is 10.00 Å². The number of ketones is 1. The lowest BCUT2D eigenvalue weighted by Crippen LogP contribution is -2.32. The molecule has 1 aliphatic carbocycles. The third kappa shape index (κ3) is 6.32. The Morgan fingerprint density at radius 3 is 2.79 bits per heavy atom. The van der Waals surface area contributed by atoms with Crippen LogP contribution in [0.5, 0.6) is 0 Å². The Morgan fingerprint density at radius 2 is 2.12 bits per heavy atom. The van der Waals surface area contributed by atoms with Gasteiger partial charge in [-0.05, 0) is 25.3 Å². The number of hydrogen-bond donors (Lipinski definition) is 2. The summed E-state index contributed by atoms with van der Waals surface area (Å²) in [5.74, 6) is -1.94. The van der Waals surface area contributed by atoms with Crippen LogP contribution in [-0.2, 0) is 14.3 Å². The van der Waals surface area contributed by atoms with Crippen LogP contribution in [-0.4, -0.2) is 34.2 Å². The minimum absolute atomic E-state index is 0.0433. The molecule has 1 rings (SSSR count). The van der Waals surface area contributed by atoms with Gasteiger partial charge in [-0.2, -0.15) is 5.26 Å². The van der Waals surface area contributed by atoms with Crippen molar-refractivity contribution in [3.63, 3.8) is 0 Å². The highest BCUT2D eigenvalue weighted by atomic mass is 16.5. The van der Waals surface area contributed by atoms with Crippen LogP contribution in [0.4, 0.5) is 0 Å². The number of carbonyl (C=O) groups is 2. The normalized spacial score (nSPS) is 24.0. The Kier molecular flexibility index (Phi) is 9.10. The highest BCUT2D eigenvalue weighted by Gasteiger charge is 2.46. The van der Waals surface area contributed by atoms with E-state index in [2.05, 4.69) is 6.92 Å². The molecule has 134 valence electrons. The first-order valence-electron chi connectivity index (χ1n) is 8.67. The van der Waals surface area contributed by atoms with E-state index in [1.807, 2.05) is 6.07 Å². The largest absolute Gasteiger partial charge is 0.512 e. The van der Waals surface area contributed by atoms with Gasteiger partial charge >= 0.3 is 5.97 Å². The zero-order chi connectivity index (χ0) is 17.9. The quantitative estimate of drug-likeness (QED) is 0.360. The van der Waals surface area contributed by atoms with Gasteiger partial charge in [-0.15, -0.1) is 0 Å². The summed E-state index contributed by atoms with van der Waals surface area (Å²) in [7, 11) is 0. The molecule has 3 unspecified atom stereocenters. The molecule has 3 atom stereocenters. The van der Waals surface area contributed by atoms with E-state index in [0.717, 1.165) is 25.7 Å². The fourth-order valence-electron chi connectivity index (χ4n) is 2.81. The molecular weight excluding hydrogens is 310 g/mol. The first-order chi connectivity index (χ1) is 11.5. The molecule has 1 aliphatic rings. The minimum Gasteiger partial charge on any atom is -0.512 e. The lowest BCUT2D eigenvalue weighted by atomic mass is 9.99. The lowest BCUT2D eigenvalue weighted by molar-refractivity contribution is -0.156. The van der Waals surface area contributed by atoms with Crippen LogP contribution in [0.25, 0.3) is 0 Å². The van der Waals surface area contributed by atoms with Crippen LogP contribution in [0.3, 0.4) is 0 Å². The summed E-state index contributed by atoms with van der Waals surface area (Å²) in [4.78, 5) is 23.7. The maximum Gasteiger partial charge on any atom is 0.306 e.